The predicted molar refractivity (Wildman–Crippen MR) is 169 cm³/mol. The minimum Gasteiger partial charge on any atom is -0.459 e. The van der Waals surface area contributed by atoms with Gasteiger partial charge in [-0.1, -0.05) is 71.9 Å². The second-order valence-electron chi connectivity index (χ2n) is 12.7. The molecule has 11 heteroatoms. The maximum absolute atomic E-state index is 13.8. The normalized spacial score (nSPS) is 33.3. The summed E-state index contributed by atoms with van der Waals surface area (Å²) < 4.78 is 49.1. The Morgan fingerprint density at radius 3 is 1.89 bits per heavy atom. The highest BCUT2D eigenvalue weighted by molar-refractivity contribution is 7.48. The molecule has 11 atom stereocenters. The highest BCUT2D eigenvalue weighted by Gasteiger charge is 2.43. The molecule has 2 aliphatic rings. The van der Waals surface area contributed by atoms with Crippen LogP contribution in [0.1, 0.15) is 58.3 Å². The highest BCUT2D eigenvalue weighted by atomic mass is 31.2. The molecular formula is C34H48NO9P. The molecule has 0 aliphatic carbocycles. The Hall–Kier alpha value is -2.35. The fraction of sp³-hybridized carbons (Fsp3) is 0.647. The van der Waals surface area contributed by atoms with Crippen molar-refractivity contribution in [3.05, 3.63) is 48.0 Å². The van der Waals surface area contributed by atoms with Crippen molar-refractivity contribution >= 4 is 24.6 Å². The van der Waals surface area contributed by atoms with Gasteiger partial charge in [0, 0.05) is 0 Å². The average Bonchev–Trinajstić information content (AvgIpc) is 3.05. The summed E-state index contributed by atoms with van der Waals surface area (Å²) in [4.78, 5) is 12.9. The zero-order valence-corrected chi connectivity index (χ0v) is 28.1. The molecule has 0 saturated carbocycles. The molecule has 2 fully saturated rings. The van der Waals surface area contributed by atoms with Crippen molar-refractivity contribution in [2.24, 2.45) is 35.5 Å². The molecule has 2 aromatic carbocycles. The third-order valence-electron chi connectivity index (χ3n) is 10.2. The molecule has 2 aromatic rings. The van der Waals surface area contributed by atoms with Crippen LogP contribution in [-0.2, 0) is 32.3 Å². The second-order valence-corrected chi connectivity index (χ2v) is 14.4. The van der Waals surface area contributed by atoms with E-state index in [0.717, 1.165) is 10.8 Å². The van der Waals surface area contributed by atoms with Crippen molar-refractivity contribution in [1.82, 2.24) is 0 Å². The lowest BCUT2D eigenvalue weighted by atomic mass is 9.77. The van der Waals surface area contributed by atoms with Gasteiger partial charge in [0.2, 0.25) is 0 Å². The van der Waals surface area contributed by atoms with E-state index in [1.54, 1.807) is 6.07 Å². The fourth-order valence-corrected chi connectivity index (χ4v) is 7.44. The summed E-state index contributed by atoms with van der Waals surface area (Å²) in [7, 11) is -4.10. The van der Waals surface area contributed by atoms with E-state index in [4.69, 9.17) is 33.0 Å². The largest absolute Gasteiger partial charge is 0.474 e. The van der Waals surface area contributed by atoms with Crippen molar-refractivity contribution < 1.29 is 42.2 Å². The molecule has 4 rings (SSSR count). The van der Waals surface area contributed by atoms with Crippen LogP contribution in [0.3, 0.4) is 0 Å². The van der Waals surface area contributed by atoms with Gasteiger partial charge in [-0.3, -0.25) is 13.6 Å². The SMILES string of the molecule is C[C@@H]1[C@@H](C)[C@H](COP(=O)(OCCC#N)OC[C@H]2O[C@@H](COC(=O)c3ccc4ccccc4c3)[C@H](C)[C@@H](C)[C@@H]2C)O[C@H](CO)[C@H]1C. The van der Waals surface area contributed by atoms with Crippen molar-refractivity contribution in [3.8, 4) is 6.07 Å². The van der Waals surface area contributed by atoms with Crippen LogP contribution >= 0.6 is 7.82 Å². The summed E-state index contributed by atoms with van der Waals surface area (Å²) in [6.07, 6.45) is -1.62. The molecule has 2 aliphatic heterocycles. The van der Waals surface area contributed by atoms with Gasteiger partial charge in [0.05, 0.1) is 68.9 Å². The number of carbonyl (C=O) groups is 1. The number of phosphoric ester groups is 1. The topological polar surface area (TPSA) is 134 Å². The lowest BCUT2D eigenvalue weighted by Gasteiger charge is -2.44. The number of ether oxygens (including phenoxy) is 3. The van der Waals surface area contributed by atoms with E-state index in [-0.39, 0.29) is 81.1 Å². The molecule has 0 amide bonds. The van der Waals surface area contributed by atoms with Gasteiger partial charge in [0.1, 0.15) is 6.61 Å². The highest BCUT2D eigenvalue weighted by Crippen LogP contribution is 2.51. The number of phosphoric acid groups is 1. The van der Waals surface area contributed by atoms with Crippen LogP contribution in [0.15, 0.2) is 42.5 Å². The van der Waals surface area contributed by atoms with E-state index in [9.17, 15) is 14.5 Å². The van der Waals surface area contributed by atoms with Gasteiger partial charge in [0.25, 0.3) is 0 Å². The summed E-state index contributed by atoms with van der Waals surface area (Å²) in [5.74, 6) is 0.371. The fourth-order valence-electron chi connectivity index (χ4n) is 6.24. The standard InChI is InChI=1S/C34H48NO9P/c1-21-23(3)30(17-36)43-32(25(21)5)19-41-45(38,40-15-9-14-35)42-20-33-26(6)22(2)24(4)31(44-33)18-39-34(37)29-13-12-27-10-7-8-11-28(27)16-29/h7-8,10-13,16,21-26,30-33,36H,9,15,17-20H2,1-6H3/t21-,22+,23-,24+,25+,26-,30+,31-,32-,33+,45?/m0/s1. The van der Waals surface area contributed by atoms with E-state index in [0.29, 0.717) is 5.56 Å². The summed E-state index contributed by atoms with van der Waals surface area (Å²) in [6.45, 7) is 12.1. The number of aliphatic hydroxyl groups excluding tert-OH is 1. The number of aliphatic hydroxyl groups is 1. The van der Waals surface area contributed by atoms with Gasteiger partial charge in [-0.2, -0.15) is 5.26 Å². The van der Waals surface area contributed by atoms with Crippen molar-refractivity contribution in [3.63, 3.8) is 0 Å². The number of hydrogen-bond acceptors (Lipinski definition) is 10. The van der Waals surface area contributed by atoms with E-state index in [1.807, 2.05) is 63.2 Å². The predicted octanol–water partition coefficient (Wildman–Crippen LogP) is 6.41. The molecule has 2 heterocycles. The van der Waals surface area contributed by atoms with Crippen LogP contribution in [-0.4, -0.2) is 68.5 Å². The van der Waals surface area contributed by atoms with Crippen LogP contribution in [0, 0.1) is 46.8 Å². The smallest absolute Gasteiger partial charge is 0.459 e. The number of carbonyl (C=O) groups excluding carboxylic acids is 1. The monoisotopic (exact) mass is 645 g/mol. The molecule has 1 unspecified atom stereocenters. The van der Waals surface area contributed by atoms with Gasteiger partial charge in [-0.25, -0.2) is 9.36 Å². The van der Waals surface area contributed by atoms with Gasteiger partial charge in [-0.15, -0.1) is 0 Å². The maximum atomic E-state index is 13.8. The van der Waals surface area contributed by atoms with Gasteiger partial charge in [-0.05, 0) is 58.4 Å². The minimum atomic E-state index is -4.10. The van der Waals surface area contributed by atoms with E-state index in [2.05, 4.69) is 20.8 Å². The molecule has 10 nitrogen and oxygen atoms in total. The Labute approximate surface area is 266 Å². The Kier molecular flexibility index (Phi) is 12.6. The first-order valence-corrected chi connectivity index (χ1v) is 17.4. The number of esters is 1. The zero-order chi connectivity index (χ0) is 32.7. The van der Waals surface area contributed by atoms with Crippen molar-refractivity contribution in [2.45, 2.75) is 72.4 Å². The molecule has 1 N–H and O–H groups in total. The number of benzene rings is 2. The van der Waals surface area contributed by atoms with Crippen LogP contribution in [0.4, 0.5) is 0 Å². The molecule has 248 valence electrons. The molecule has 0 bridgehead atoms. The first-order valence-electron chi connectivity index (χ1n) is 16.0. The summed E-state index contributed by atoms with van der Waals surface area (Å²) in [5, 5.41) is 20.8. The Balaban J connectivity index is 1.38. The maximum Gasteiger partial charge on any atom is 0.474 e. The number of nitrogens with zero attached hydrogens (tertiary/aromatic N) is 1. The number of nitriles is 1. The summed E-state index contributed by atoms with van der Waals surface area (Å²) in [5.41, 5.74) is 0.469. The molecule has 0 spiro atoms. The first-order chi connectivity index (χ1) is 21.5. The average molecular weight is 646 g/mol. The van der Waals surface area contributed by atoms with Crippen LogP contribution in [0.5, 0.6) is 0 Å². The summed E-state index contributed by atoms with van der Waals surface area (Å²) >= 11 is 0. The Morgan fingerprint density at radius 2 is 1.31 bits per heavy atom. The van der Waals surface area contributed by atoms with E-state index >= 15 is 0 Å². The number of fused-ring (bicyclic) bond motifs is 1. The van der Waals surface area contributed by atoms with Crippen LogP contribution < -0.4 is 0 Å². The Morgan fingerprint density at radius 1 is 0.778 bits per heavy atom. The molecule has 2 saturated heterocycles. The zero-order valence-electron chi connectivity index (χ0n) is 27.2. The van der Waals surface area contributed by atoms with Gasteiger partial charge < -0.3 is 19.3 Å². The van der Waals surface area contributed by atoms with E-state index < -0.39 is 32.1 Å². The second kappa shape index (κ2) is 16.0. The van der Waals surface area contributed by atoms with Gasteiger partial charge in [0.15, 0.2) is 0 Å². The van der Waals surface area contributed by atoms with Crippen LogP contribution in [0.2, 0.25) is 0 Å². The third-order valence-corrected chi connectivity index (χ3v) is 11.6. The summed E-state index contributed by atoms with van der Waals surface area (Å²) in [6, 6.07) is 15.3. The van der Waals surface area contributed by atoms with E-state index in [1.165, 1.54) is 0 Å². The number of hydrogen-bond donors (Lipinski definition) is 1. The minimum absolute atomic E-state index is 0.0176. The first kappa shape index (κ1) is 35.5. The van der Waals surface area contributed by atoms with Crippen molar-refractivity contribution in [2.75, 3.05) is 33.0 Å². The lowest BCUT2D eigenvalue weighted by molar-refractivity contribution is -0.165. The van der Waals surface area contributed by atoms with Crippen molar-refractivity contribution in [1.29, 1.82) is 5.26 Å². The third kappa shape index (κ3) is 8.72. The number of rotatable bonds is 13. The molecular weight excluding hydrogens is 597 g/mol. The Bertz CT molecular complexity index is 1360. The van der Waals surface area contributed by atoms with Crippen LogP contribution in [0.25, 0.3) is 10.8 Å². The molecule has 45 heavy (non-hydrogen) atoms. The molecule has 0 radical (unpaired) electrons. The quantitative estimate of drug-likeness (QED) is 0.148. The molecule has 0 aromatic heterocycles. The lowest BCUT2D eigenvalue weighted by Crippen LogP contribution is -2.48. The van der Waals surface area contributed by atoms with Gasteiger partial charge >= 0.3 is 13.8 Å².